The molecule has 1 aliphatic rings. The van der Waals surface area contributed by atoms with Gasteiger partial charge in [0.05, 0.1) is 5.69 Å². The van der Waals surface area contributed by atoms with Gasteiger partial charge in [-0.2, -0.15) is 5.10 Å². The Bertz CT molecular complexity index is 635. The fraction of sp³-hybridized carbons (Fsp3) is 0.294. The van der Waals surface area contributed by atoms with Crippen LogP contribution >= 0.6 is 0 Å². The van der Waals surface area contributed by atoms with Crippen molar-refractivity contribution in [3.63, 3.8) is 0 Å². The first-order chi connectivity index (χ1) is 10.2. The van der Waals surface area contributed by atoms with E-state index in [1.807, 2.05) is 30.3 Å². The van der Waals surface area contributed by atoms with Gasteiger partial charge in [-0.15, -0.1) is 0 Å². The van der Waals surface area contributed by atoms with Gasteiger partial charge in [0.2, 0.25) is 0 Å². The van der Waals surface area contributed by atoms with Gasteiger partial charge in [-0.05, 0) is 31.7 Å². The maximum atomic E-state index is 12.2. The number of nitrogens with zero attached hydrogens (tertiary/aromatic N) is 1. The number of hydrogen-bond donors (Lipinski definition) is 2. The zero-order valence-electron chi connectivity index (χ0n) is 11.9. The molecule has 1 fully saturated rings. The van der Waals surface area contributed by atoms with Gasteiger partial charge < -0.3 is 5.32 Å². The quantitative estimate of drug-likeness (QED) is 0.848. The van der Waals surface area contributed by atoms with Crippen LogP contribution in [0.4, 0.5) is 0 Å². The largest absolute Gasteiger partial charge is 0.348 e. The molecule has 1 aliphatic carbocycles. The van der Waals surface area contributed by atoms with Gasteiger partial charge in [-0.3, -0.25) is 9.89 Å². The first kappa shape index (κ1) is 13.6. The Hall–Kier alpha value is -2.36. The lowest BCUT2D eigenvalue weighted by Gasteiger charge is -2.23. The summed E-state index contributed by atoms with van der Waals surface area (Å²) in [6.45, 7) is 3.99. The summed E-state index contributed by atoms with van der Waals surface area (Å²) in [5, 5.41) is 10.1. The molecule has 0 radical (unpaired) electrons. The highest BCUT2D eigenvalue weighted by Gasteiger charge is 2.19. The molecule has 1 aromatic carbocycles. The van der Waals surface area contributed by atoms with E-state index in [2.05, 4.69) is 22.1 Å². The second-order valence-electron chi connectivity index (χ2n) is 5.53. The van der Waals surface area contributed by atoms with Gasteiger partial charge in [-0.25, -0.2) is 0 Å². The van der Waals surface area contributed by atoms with E-state index in [4.69, 9.17) is 0 Å². The SMILES string of the molecule is C=C1CCC(NC(=O)c2cc(-c3ccccc3)n[nH]2)CC1. The molecule has 1 saturated carbocycles. The van der Waals surface area contributed by atoms with Crippen LogP contribution in [-0.4, -0.2) is 22.1 Å². The van der Waals surface area contributed by atoms with Crippen LogP contribution in [0.15, 0.2) is 48.6 Å². The van der Waals surface area contributed by atoms with Crippen LogP contribution in [0.2, 0.25) is 0 Å². The van der Waals surface area contributed by atoms with Gasteiger partial charge >= 0.3 is 0 Å². The molecule has 1 amide bonds. The molecule has 2 N–H and O–H groups in total. The fourth-order valence-electron chi connectivity index (χ4n) is 2.63. The monoisotopic (exact) mass is 281 g/mol. The summed E-state index contributed by atoms with van der Waals surface area (Å²) >= 11 is 0. The van der Waals surface area contributed by atoms with Crippen LogP contribution in [0.5, 0.6) is 0 Å². The summed E-state index contributed by atoms with van der Waals surface area (Å²) < 4.78 is 0. The maximum Gasteiger partial charge on any atom is 0.269 e. The molecule has 1 heterocycles. The van der Waals surface area contributed by atoms with Gasteiger partial charge in [0.25, 0.3) is 5.91 Å². The van der Waals surface area contributed by atoms with Gasteiger partial charge in [0, 0.05) is 11.6 Å². The second-order valence-corrected chi connectivity index (χ2v) is 5.53. The van der Waals surface area contributed by atoms with Crippen LogP contribution < -0.4 is 5.32 Å². The van der Waals surface area contributed by atoms with Crippen molar-refractivity contribution in [3.8, 4) is 11.3 Å². The Morgan fingerprint density at radius 3 is 2.67 bits per heavy atom. The Morgan fingerprint density at radius 1 is 1.24 bits per heavy atom. The van der Waals surface area contributed by atoms with Crippen LogP contribution in [0, 0.1) is 0 Å². The molecule has 4 nitrogen and oxygen atoms in total. The van der Waals surface area contributed by atoms with Crippen molar-refractivity contribution in [2.24, 2.45) is 0 Å². The van der Waals surface area contributed by atoms with Crippen LogP contribution in [0.1, 0.15) is 36.2 Å². The summed E-state index contributed by atoms with van der Waals surface area (Å²) in [7, 11) is 0. The highest BCUT2D eigenvalue weighted by molar-refractivity contribution is 5.93. The van der Waals surface area contributed by atoms with E-state index in [1.54, 1.807) is 6.07 Å². The molecule has 0 saturated heterocycles. The third-order valence-electron chi connectivity index (χ3n) is 3.92. The first-order valence-corrected chi connectivity index (χ1v) is 7.31. The lowest BCUT2D eigenvalue weighted by molar-refractivity contribution is 0.0925. The first-order valence-electron chi connectivity index (χ1n) is 7.31. The van der Waals surface area contributed by atoms with E-state index in [0.29, 0.717) is 5.69 Å². The molecular weight excluding hydrogens is 262 g/mol. The highest BCUT2D eigenvalue weighted by atomic mass is 16.2. The van der Waals surface area contributed by atoms with Crippen molar-refractivity contribution < 1.29 is 4.79 Å². The molecule has 0 bridgehead atoms. The predicted octanol–water partition coefficient (Wildman–Crippen LogP) is 3.31. The lowest BCUT2D eigenvalue weighted by Crippen LogP contribution is -2.36. The van der Waals surface area contributed by atoms with E-state index in [0.717, 1.165) is 36.9 Å². The number of amides is 1. The zero-order chi connectivity index (χ0) is 14.7. The van der Waals surface area contributed by atoms with E-state index < -0.39 is 0 Å². The number of aromatic amines is 1. The third-order valence-corrected chi connectivity index (χ3v) is 3.92. The number of benzene rings is 1. The third kappa shape index (κ3) is 3.21. The summed E-state index contributed by atoms with van der Waals surface area (Å²) in [4.78, 5) is 12.2. The number of carbonyl (C=O) groups is 1. The number of H-pyrrole nitrogens is 1. The number of aromatic nitrogens is 2. The van der Waals surface area contributed by atoms with Gasteiger partial charge in [-0.1, -0.05) is 42.5 Å². The van der Waals surface area contributed by atoms with E-state index in [-0.39, 0.29) is 11.9 Å². The highest BCUT2D eigenvalue weighted by Crippen LogP contribution is 2.22. The zero-order valence-corrected chi connectivity index (χ0v) is 11.9. The number of allylic oxidation sites excluding steroid dienone is 1. The summed E-state index contributed by atoms with van der Waals surface area (Å²) in [5.41, 5.74) is 3.59. The Balaban J connectivity index is 1.66. The molecule has 0 aliphatic heterocycles. The summed E-state index contributed by atoms with van der Waals surface area (Å²) in [6, 6.07) is 11.9. The molecule has 0 unspecified atom stereocenters. The minimum atomic E-state index is -0.0813. The average molecular weight is 281 g/mol. The smallest absolute Gasteiger partial charge is 0.269 e. The van der Waals surface area contributed by atoms with Gasteiger partial charge in [0.15, 0.2) is 0 Å². The molecule has 2 aromatic rings. The minimum absolute atomic E-state index is 0.0813. The molecule has 0 spiro atoms. The Morgan fingerprint density at radius 2 is 1.95 bits per heavy atom. The minimum Gasteiger partial charge on any atom is -0.348 e. The van der Waals surface area contributed by atoms with E-state index in [9.17, 15) is 4.79 Å². The Kier molecular flexibility index (Phi) is 3.86. The molecule has 108 valence electrons. The van der Waals surface area contributed by atoms with Crippen molar-refractivity contribution in [2.75, 3.05) is 0 Å². The molecule has 0 atom stereocenters. The summed E-state index contributed by atoms with van der Waals surface area (Å²) in [6.07, 6.45) is 3.96. The van der Waals surface area contributed by atoms with Crippen molar-refractivity contribution in [2.45, 2.75) is 31.7 Å². The van der Waals surface area contributed by atoms with Crippen LogP contribution in [0.3, 0.4) is 0 Å². The molecule has 4 heteroatoms. The van der Waals surface area contributed by atoms with E-state index >= 15 is 0 Å². The van der Waals surface area contributed by atoms with E-state index in [1.165, 1.54) is 5.57 Å². The second kappa shape index (κ2) is 5.95. The summed E-state index contributed by atoms with van der Waals surface area (Å²) in [5.74, 6) is -0.0813. The maximum absolute atomic E-state index is 12.2. The van der Waals surface area contributed by atoms with Crippen molar-refractivity contribution >= 4 is 5.91 Å². The standard InChI is InChI=1S/C17H19N3O/c1-12-7-9-14(10-8-12)18-17(21)16-11-15(19-20-16)13-5-3-2-4-6-13/h2-6,11,14H,1,7-10H2,(H,18,21)(H,19,20). The predicted molar refractivity (Wildman–Crippen MR) is 82.9 cm³/mol. The number of rotatable bonds is 3. The molecular formula is C17H19N3O. The number of carbonyl (C=O) groups excluding carboxylic acids is 1. The molecule has 1 aromatic heterocycles. The normalized spacial score (nSPS) is 15.9. The van der Waals surface area contributed by atoms with Crippen molar-refractivity contribution in [1.82, 2.24) is 15.5 Å². The number of hydrogen-bond acceptors (Lipinski definition) is 2. The average Bonchev–Trinajstić information content (AvgIpc) is 3.00. The number of nitrogens with one attached hydrogen (secondary N) is 2. The molecule has 21 heavy (non-hydrogen) atoms. The van der Waals surface area contributed by atoms with Crippen molar-refractivity contribution in [3.05, 3.63) is 54.2 Å². The fourth-order valence-corrected chi connectivity index (χ4v) is 2.63. The molecule has 3 rings (SSSR count). The van der Waals surface area contributed by atoms with Gasteiger partial charge in [0.1, 0.15) is 5.69 Å². The van der Waals surface area contributed by atoms with Crippen LogP contribution in [-0.2, 0) is 0 Å². The topological polar surface area (TPSA) is 57.8 Å². The van der Waals surface area contributed by atoms with Crippen molar-refractivity contribution in [1.29, 1.82) is 0 Å². The Labute approximate surface area is 124 Å². The van der Waals surface area contributed by atoms with Crippen LogP contribution in [0.25, 0.3) is 11.3 Å². The lowest BCUT2D eigenvalue weighted by atomic mass is 9.92.